The van der Waals surface area contributed by atoms with E-state index in [2.05, 4.69) is 6.92 Å². The quantitative estimate of drug-likeness (QED) is 0.480. The Morgan fingerprint density at radius 2 is 1.72 bits per heavy atom. The van der Waals surface area contributed by atoms with E-state index in [0.717, 1.165) is 37.2 Å². The van der Waals surface area contributed by atoms with E-state index < -0.39 is 0 Å². The molecule has 1 aromatic carbocycles. The van der Waals surface area contributed by atoms with Gasteiger partial charge in [0, 0.05) is 5.38 Å². The molecule has 2 nitrogen and oxygen atoms in total. The Balaban J connectivity index is 2.30. The minimum Gasteiger partial charge on any atom is -0.490 e. The Kier molecular flexibility index (Phi) is 7.66. The lowest BCUT2D eigenvalue weighted by atomic mass is 10.1. The fraction of sp³-hybridized carbons (Fsp3) is 0.600. The van der Waals surface area contributed by atoms with E-state index in [1.807, 2.05) is 31.2 Å². The van der Waals surface area contributed by atoms with Crippen molar-refractivity contribution < 1.29 is 9.47 Å². The van der Waals surface area contributed by atoms with Gasteiger partial charge in [-0.05, 0) is 38.3 Å². The highest BCUT2D eigenvalue weighted by Crippen LogP contribution is 2.26. The van der Waals surface area contributed by atoms with E-state index in [4.69, 9.17) is 21.1 Å². The van der Waals surface area contributed by atoms with Gasteiger partial charge in [0.05, 0.1) is 13.2 Å². The van der Waals surface area contributed by atoms with Crippen molar-refractivity contribution in [3.8, 4) is 11.5 Å². The number of hydrogen-bond acceptors (Lipinski definition) is 2. The zero-order chi connectivity index (χ0) is 13.2. The molecule has 0 aliphatic carbocycles. The summed E-state index contributed by atoms with van der Waals surface area (Å²) in [5.74, 6) is 1.64. The van der Waals surface area contributed by atoms with Crippen LogP contribution in [0.3, 0.4) is 0 Å². The summed E-state index contributed by atoms with van der Waals surface area (Å²) in [5.41, 5.74) is 0. The highest BCUT2D eigenvalue weighted by molar-refractivity contribution is 6.20. The molecular formula is C15H23ClO2. The maximum Gasteiger partial charge on any atom is 0.161 e. The first-order valence-electron chi connectivity index (χ1n) is 6.76. The number of benzene rings is 1. The summed E-state index contributed by atoms with van der Waals surface area (Å²) < 4.78 is 11.2. The van der Waals surface area contributed by atoms with Gasteiger partial charge in [0.15, 0.2) is 11.5 Å². The third-order valence-corrected chi connectivity index (χ3v) is 3.11. The lowest BCUT2D eigenvalue weighted by molar-refractivity contribution is 0.270. The van der Waals surface area contributed by atoms with Crippen LogP contribution < -0.4 is 9.47 Å². The predicted octanol–water partition coefficient (Wildman–Crippen LogP) is 4.65. The zero-order valence-corrected chi connectivity index (χ0v) is 12.1. The van der Waals surface area contributed by atoms with E-state index in [0.29, 0.717) is 13.2 Å². The molecule has 1 rings (SSSR count). The van der Waals surface area contributed by atoms with Crippen molar-refractivity contribution in [1.82, 2.24) is 0 Å². The average Bonchev–Trinajstić information content (AvgIpc) is 2.37. The summed E-state index contributed by atoms with van der Waals surface area (Å²) >= 11 is 6.16. The third kappa shape index (κ3) is 5.63. The number of ether oxygens (including phenoxy) is 2. The predicted molar refractivity (Wildman–Crippen MR) is 76.9 cm³/mol. The topological polar surface area (TPSA) is 18.5 Å². The molecule has 0 heterocycles. The first-order chi connectivity index (χ1) is 8.77. The third-order valence-electron chi connectivity index (χ3n) is 2.67. The van der Waals surface area contributed by atoms with Crippen LogP contribution in [0.4, 0.5) is 0 Å². The van der Waals surface area contributed by atoms with E-state index in [-0.39, 0.29) is 5.38 Å². The van der Waals surface area contributed by atoms with Crippen LogP contribution >= 0.6 is 11.6 Å². The minimum absolute atomic E-state index is 0.278. The highest BCUT2D eigenvalue weighted by atomic mass is 35.5. The molecule has 1 aromatic rings. The van der Waals surface area contributed by atoms with Crippen molar-refractivity contribution in [2.45, 2.75) is 44.9 Å². The molecule has 18 heavy (non-hydrogen) atoms. The molecule has 0 spiro atoms. The van der Waals surface area contributed by atoms with Crippen molar-refractivity contribution in [3.05, 3.63) is 24.3 Å². The van der Waals surface area contributed by atoms with Crippen LogP contribution in [0.2, 0.25) is 0 Å². The number of alkyl halides is 1. The second-order valence-electron chi connectivity index (χ2n) is 4.26. The molecule has 0 bridgehead atoms. The van der Waals surface area contributed by atoms with Crippen LogP contribution in [-0.2, 0) is 0 Å². The Bertz CT molecular complexity index is 328. The second-order valence-corrected chi connectivity index (χ2v) is 4.87. The van der Waals surface area contributed by atoms with Gasteiger partial charge < -0.3 is 9.47 Å². The summed E-state index contributed by atoms with van der Waals surface area (Å²) in [4.78, 5) is 0. The van der Waals surface area contributed by atoms with Crippen molar-refractivity contribution in [2.75, 3.05) is 13.2 Å². The van der Waals surface area contributed by atoms with Gasteiger partial charge in [-0.3, -0.25) is 0 Å². The standard InChI is InChI=1S/C15H23ClO2/c1-3-8-13(16)9-7-12-18-15-11-6-5-10-14(15)17-4-2/h5-6,10-11,13H,3-4,7-9,12H2,1-2H3. The van der Waals surface area contributed by atoms with Gasteiger partial charge in [0.2, 0.25) is 0 Å². The van der Waals surface area contributed by atoms with Crippen molar-refractivity contribution in [3.63, 3.8) is 0 Å². The van der Waals surface area contributed by atoms with Gasteiger partial charge in [-0.15, -0.1) is 11.6 Å². The van der Waals surface area contributed by atoms with Gasteiger partial charge in [-0.25, -0.2) is 0 Å². The van der Waals surface area contributed by atoms with Crippen LogP contribution in [-0.4, -0.2) is 18.6 Å². The van der Waals surface area contributed by atoms with Gasteiger partial charge in [0.1, 0.15) is 0 Å². The Hall–Kier alpha value is -0.890. The van der Waals surface area contributed by atoms with Crippen molar-refractivity contribution >= 4 is 11.6 Å². The first kappa shape index (κ1) is 15.2. The fourth-order valence-electron chi connectivity index (χ4n) is 1.79. The summed E-state index contributed by atoms with van der Waals surface area (Å²) in [7, 11) is 0. The molecule has 0 N–H and O–H groups in total. The average molecular weight is 271 g/mol. The molecule has 1 atom stereocenters. The second kappa shape index (κ2) is 9.09. The zero-order valence-electron chi connectivity index (χ0n) is 11.3. The van der Waals surface area contributed by atoms with E-state index in [1.54, 1.807) is 0 Å². The van der Waals surface area contributed by atoms with Gasteiger partial charge in [-0.1, -0.05) is 25.5 Å². The lowest BCUT2D eigenvalue weighted by Gasteiger charge is -2.12. The van der Waals surface area contributed by atoms with Gasteiger partial charge >= 0.3 is 0 Å². The Morgan fingerprint density at radius 3 is 2.33 bits per heavy atom. The SMILES string of the molecule is CCCC(Cl)CCCOc1ccccc1OCC. The summed E-state index contributed by atoms with van der Waals surface area (Å²) in [6, 6.07) is 7.78. The van der Waals surface area contributed by atoms with Crippen LogP contribution in [0.1, 0.15) is 39.5 Å². The van der Waals surface area contributed by atoms with Crippen LogP contribution in [0.25, 0.3) is 0 Å². The summed E-state index contributed by atoms with van der Waals surface area (Å²) in [6.45, 7) is 5.47. The number of rotatable bonds is 9. The molecule has 102 valence electrons. The molecule has 0 radical (unpaired) electrons. The Morgan fingerprint density at radius 1 is 1.06 bits per heavy atom. The molecule has 0 saturated heterocycles. The summed E-state index contributed by atoms with van der Waals surface area (Å²) in [5, 5.41) is 0.278. The molecular weight excluding hydrogens is 248 g/mol. The first-order valence-corrected chi connectivity index (χ1v) is 7.20. The molecule has 0 fully saturated rings. The number of para-hydroxylation sites is 2. The Labute approximate surface area is 115 Å². The molecule has 1 unspecified atom stereocenters. The molecule has 0 saturated carbocycles. The summed E-state index contributed by atoms with van der Waals surface area (Å²) in [6.07, 6.45) is 4.21. The highest BCUT2D eigenvalue weighted by Gasteiger charge is 2.05. The number of hydrogen-bond donors (Lipinski definition) is 0. The number of halogens is 1. The lowest BCUT2D eigenvalue weighted by Crippen LogP contribution is -2.04. The van der Waals surface area contributed by atoms with E-state index >= 15 is 0 Å². The normalized spacial score (nSPS) is 12.2. The van der Waals surface area contributed by atoms with E-state index in [9.17, 15) is 0 Å². The largest absolute Gasteiger partial charge is 0.490 e. The van der Waals surface area contributed by atoms with E-state index in [1.165, 1.54) is 0 Å². The van der Waals surface area contributed by atoms with Gasteiger partial charge in [-0.2, -0.15) is 0 Å². The molecule has 0 aromatic heterocycles. The van der Waals surface area contributed by atoms with Crippen LogP contribution in [0, 0.1) is 0 Å². The molecule has 0 aliphatic heterocycles. The van der Waals surface area contributed by atoms with Crippen molar-refractivity contribution in [1.29, 1.82) is 0 Å². The minimum atomic E-state index is 0.278. The molecule has 0 amide bonds. The monoisotopic (exact) mass is 270 g/mol. The maximum absolute atomic E-state index is 6.16. The van der Waals surface area contributed by atoms with Crippen LogP contribution in [0.5, 0.6) is 11.5 Å². The maximum atomic E-state index is 6.16. The fourth-order valence-corrected chi connectivity index (χ4v) is 2.16. The van der Waals surface area contributed by atoms with Crippen molar-refractivity contribution in [2.24, 2.45) is 0 Å². The van der Waals surface area contributed by atoms with Crippen LogP contribution in [0.15, 0.2) is 24.3 Å². The molecule has 3 heteroatoms. The smallest absolute Gasteiger partial charge is 0.161 e. The van der Waals surface area contributed by atoms with Gasteiger partial charge in [0.25, 0.3) is 0 Å². The molecule has 0 aliphatic rings.